The number of benzene rings is 1. The van der Waals surface area contributed by atoms with E-state index in [1.165, 1.54) is 0 Å². The molecule has 0 saturated carbocycles. The molecule has 0 spiro atoms. The number of rotatable bonds is 6. The molecule has 7 nitrogen and oxygen atoms in total. The standard InChI is InChI=1S/C18H24N4O3/c1-2-15-21-16(25-22-15)14-5-3-13(4-6-14)7-10-20-17(23)18(19)8-11-24-12-9-18/h3-6H,2,7-12,19H2,1H3,(H,20,23). The summed E-state index contributed by atoms with van der Waals surface area (Å²) in [5.74, 6) is 1.14. The number of hydrogen-bond acceptors (Lipinski definition) is 6. The fourth-order valence-electron chi connectivity index (χ4n) is 2.79. The third-order valence-corrected chi connectivity index (χ3v) is 4.52. The summed E-state index contributed by atoms with van der Waals surface area (Å²) in [6.07, 6.45) is 2.62. The second-order valence-corrected chi connectivity index (χ2v) is 6.34. The lowest BCUT2D eigenvalue weighted by Gasteiger charge is -2.31. The van der Waals surface area contributed by atoms with Crippen molar-refractivity contribution in [3.63, 3.8) is 0 Å². The van der Waals surface area contributed by atoms with E-state index in [4.69, 9.17) is 15.0 Å². The molecule has 3 N–H and O–H groups in total. The Morgan fingerprint density at radius 3 is 2.64 bits per heavy atom. The van der Waals surface area contributed by atoms with E-state index < -0.39 is 5.54 Å². The van der Waals surface area contributed by atoms with E-state index in [0.29, 0.717) is 44.3 Å². The van der Waals surface area contributed by atoms with Crippen molar-refractivity contribution in [1.29, 1.82) is 0 Å². The lowest BCUT2D eigenvalue weighted by Crippen LogP contribution is -2.57. The molecular formula is C18H24N4O3. The van der Waals surface area contributed by atoms with Gasteiger partial charge >= 0.3 is 0 Å². The molecule has 1 aliphatic rings. The Kier molecular flexibility index (Phi) is 5.45. The van der Waals surface area contributed by atoms with Gasteiger partial charge in [0, 0.05) is 31.7 Å². The summed E-state index contributed by atoms with van der Waals surface area (Å²) in [5, 5.41) is 6.84. The SMILES string of the molecule is CCc1noc(-c2ccc(CCNC(=O)C3(N)CCOCC3)cc2)n1. The fraction of sp³-hybridized carbons (Fsp3) is 0.500. The Morgan fingerprint density at radius 2 is 2.00 bits per heavy atom. The third kappa shape index (κ3) is 4.24. The van der Waals surface area contributed by atoms with Crippen molar-refractivity contribution in [2.45, 2.75) is 38.1 Å². The number of amides is 1. The van der Waals surface area contributed by atoms with Gasteiger partial charge in [0.1, 0.15) is 0 Å². The van der Waals surface area contributed by atoms with Crippen LogP contribution in [0.2, 0.25) is 0 Å². The number of nitrogens with two attached hydrogens (primary N) is 1. The van der Waals surface area contributed by atoms with E-state index in [2.05, 4.69) is 15.5 Å². The van der Waals surface area contributed by atoms with Gasteiger partial charge in [0.2, 0.25) is 5.91 Å². The molecule has 1 aromatic carbocycles. The zero-order valence-corrected chi connectivity index (χ0v) is 14.5. The summed E-state index contributed by atoms with van der Waals surface area (Å²) < 4.78 is 10.5. The molecule has 25 heavy (non-hydrogen) atoms. The molecule has 1 fully saturated rings. The third-order valence-electron chi connectivity index (χ3n) is 4.52. The van der Waals surface area contributed by atoms with Gasteiger partial charge in [-0.3, -0.25) is 4.79 Å². The number of hydrogen-bond donors (Lipinski definition) is 2. The average Bonchev–Trinajstić information content (AvgIpc) is 3.12. The molecule has 7 heteroatoms. The maximum atomic E-state index is 12.3. The van der Waals surface area contributed by atoms with Gasteiger partial charge in [0.05, 0.1) is 5.54 Å². The van der Waals surface area contributed by atoms with Crippen LogP contribution in [0.5, 0.6) is 0 Å². The molecule has 0 radical (unpaired) electrons. The Hall–Kier alpha value is -2.25. The minimum absolute atomic E-state index is 0.0922. The first-order valence-electron chi connectivity index (χ1n) is 8.67. The highest BCUT2D eigenvalue weighted by Crippen LogP contribution is 2.19. The lowest BCUT2D eigenvalue weighted by atomic mass is 9.90. The summed E-state index contributed by atoms with van der Waals surface area (Å²) >= 11 is 0. The van der Waals surface area contributed by atoms with Crippen LogP contribution in [0.1, 0.15) is 31.2 Å². The molecule has 0 bridgehead atoms. The zero-order valence-electron chi connectivity index (χ0n) is 14.5. The van der Waals surface area contributed by atoms with Crippen molar-refractivity contribution < 1.29 is 14.1 Å². The first-order valence-corrected chi connectivity index (χ1v) is 8.67. The molecule has 1 aliphatic heterocycles. The predicted molar refractivity (Wildman–Crippen MR) is 92.8 cm³/mol. The van der Waals surface area contributed by atoms with Gasteiger partial charge in [-0.15, -0.1) is 0 Å². The minimum Gasteiger partial charge on any atom is -0.381 e. The van der Waals surface area contributed by atoms with Crippen molar-refractivity contribution in [3.05, 3.63) is 35.7 Å². The number of nitrogens with zero attached hydrogens (tertiary/aromatic N) is 2. The quantitative estimate of drug-likeness (QED) is 0.822. The highest BCUT2D eigenvalue weighted by molar-refractivity contribution is 5.86. The topological polar surface area (TPSA) is 103 Å². The number of aromatic nitrogens is 2. The first-order chi connectivity index (χ1) is 12.1. The fourth-order valence-corrected chi connectivity index (χ4v) is 2.79. The van der Waals surface area contributed by atoms with Gasteiger partial charge < -0.3 is 20.3 Å². The van der Waals surface area contributed by atoms with E-state index in [0.717, 1.165) is 24.0 Å². The molecule has 0 unspecified atom stereocenters. The number of ether oxygens (including phenoxy) is 1. The number of nitrogens with one attached hydrogen (secondary N) is 1. The predicted octanol–water partition coefficient (Wildman–Crippen LogP) is 1.47. The summed E-state index contributed by atoms with van der Waals surface area (Å²) in [6.45, 7) is 3.62. The maximum absolute atomic E-state index is 12.3. The van der Waals surface area contributed by atoms with Crippen LogP contribution < -0.4 is 11.1 Å². The summed E-state index contributed by atoms with van der Waals surface area (Å²) in [7, 11) is 0. The Labute approximate surface area is 146 Å². The lowest BCUT2D eigenvalue weighted by molar-refractivity contribution is -0.129. The second kappa shape index (κ2) is 7.76. The second-order valence-electron chi connectivity index (χ2n) is 6.34. The maximum Gasteiger partial charge on any atom is 0.257 e. The molecule has 2 heterocycles. The van der Waals surface area contributed by atoms with Crippen molar-refractivity contribution >= 4 is 5.91 Å². The largest absolute Gasteiger partial charge is 0.381 e. The van der Waals surface area contributed by atoms with Gasteiger partial charge in [-0.2, -0.15) is 4.98 Å². The van der Waals surface area contributed by atoms with Gasteiger partial charge in [-0.25, -0.2) is 0 Å². The normalized spacial score (nSPS) is 16.6. The van der Waals surface area contributed by atoms with Gasteiger partial charge in [-0.1, -0.05) is 24.2 Å². The van der Waals surface area contributed by atoms with Gasteiger partial charge in [0.15, 0.2) is 5.82 Å². The first kappa shape index (κ1) is 17.6. The molecule has 0 aliphatic carbocycles. The Morgan fingerprint density at radius 1 is 1.28 bits per heavy atom. The van der Waals surface area contributed by atoms with Crippen LogP contribution in [0.4, 0.5) is 0 Å². The molecule has 2 aromatic rings. The monoisotopic (exact) mass is 344 g/mol. The van der Waals surface area contributed by atoms with E-state index in [9.17, 15) is 4.79 Å². The highest BCUT2D eigenvalue weighted by atomic mass is 16.5. The van der Waals surface area contributed by atoms with Crippen LogP contribution in [-0.4, -0.2) is 41.3 Å². The van der Waals surface area contributed by atoms with Gasteiger partial charge in [-0.05, 0) is 37.0 Å². The van der Waals surface area contributed by atoms with E-state index in [-0.39, 0.29) is 5.91 Å². The number of carbonyl (C=O) groups excluding carboxylic acids is 1. The smallest absolute Gasteiger partial charge is 0.257 e. The van der Waals surface area contributed by atoms with Crippen LogP contribution >= 0.6 is 0 Å². The minimum atomic E-state index is -0.795. The number of aryl methyl sites for hydroxylation is 1. The van der Waals surface area contributed by atoms with Crippen LogP contribution in [0.15, 0.2) is 28.8 Å². The molecule has 1 amide bonds. The van der Waals surface area contributed by atoms with Crippen molar-refractivity contribution in [2.24, 2.45) is 5.73 Å². The summed E-state index contributed by atoms with van der Waals surface area (Å²) in [5.41, 5.74) is 7.38. The molecule has 3 rings (SSSR count). The molecule has 1 saturated heterocycles. The van der Waals surface area contributed by atoms with Crippen molar-refractivity contribution in [2.75, 3.05) is 19.8 Å². The highest BCUT2D eigenvalue weighted by Gasteiger charge is 2.35. The Balaban J connectivity index is 1.51. The van der Waals surface area contributed by atoms with E-state index in [1.54, 1.807) is 0 Å². The number of carbonyl (C=O) groups is 1. The molecular weight excluding hydrogens is 320 g/mol. The van der Waals surface area contributed by atoms with Crippen LogP contribution in [-0.2, 0) is 22.4 Å². The zero-order chi connectivity index (χ0) is 17.7. The van der Waals surface area contributed by atoms with E-state index >= 15 is 0 Å². The van der Waals surface area contributed by atoms with Gasteiger partial charge in [0.25, 0.3) is 5.89 Å². The van der Waals surface area contributed by atoms with Crippen LogP contribution in [0.25, 0.3) is 11.5 Å². The molecule has 0 atom stereocenters. The summed E-state index contributed by atoms with van der Waals surface area (Å²) in [4.78, 5) is 16.6. The average molecular weight is 344 g/mol. The molecule has 134 valence electrons. The van der Waals surface area contributed by atoms with Crippen LogP contribution in [0.3, 0.4) is 0 Å². The van der Waals surface area contributed by atoms with Crippen molar-refractivity contribution in [1.82, 2.24) is 15.5 Å². The van der Waals surface area contributed by atoms with E-state index in [1.807, 2.05) is 31.2 Å². The van der Waals surface area contributed by atoms with Crippen LogP contribution in [0, 0.1) is 0 Å². The Bertz CT molecular complexity index is 705. The summed E-state index contributed by atoms with van der Waals surface area (Å²) in [6, 6.07) is 7.91. The van der Waals surface area contributed by atoms with Crippen molar-refractivity contribution in [3.8, 4) is 11.5 Å². The molecule has 1 aromatic heterocycles.